The van der Waals surface area contributed by atoms with Crippen molar-refractivity contribution in [2.75, 3.05) is 10.6 Å². The molecule has 0 saturated heterocycles. The molecule has 0 aliphatic carbocycles. The van der Waals surface area contributed by atoms with Gasteiger partial charge >= 0.3 is 0 Å². The maximum absolute atomic E-state index is 11.8. The van der Waals surface area contributed by atoms with Crippen LogP contribution in [0.5, 0.6) is 11.5 Å². The summed E-state index contributed by atoms with van der Waals surface area (Å²) in [5.41, 5.74) is 3.02. The molecule has 0 saturated carbocycles. The molecule has 0 aliphatic rings. The van der Waals surface area contributed by atoms with Crippen molar-refractivity contribution in [3.8, 4) is 23.3 Å². The minimum atomic E-state index is -0.370. The third-order valence-electron chi connectivity index (χ3n) is 4.85. The number of carbonyl (C=O) groups excluding carboxylic acids is 1. The number of anilines is 3. The number of nitrogens with zero attached hydrogens (tertiary/aromatic N) is 4. The van der Waals surface area contributed by atoms with E-state index in [9.17, 15) is 4.79 Å². The summed E-state index contributed by atoms with van der Waals surface area (Å²) in [5.74, 6) is 6.70. The standard InChI is InChI=1S/C25H18N6O2/c1-2-3-24(32)29-18-6-9-22-21(14-18)25(28-16-27-22)30-17-4-7-19(8-5-17)33-20-10-12-31-13-11-26-23(31)15-20/h4-16H,1H3,(H,29,32)(H,27,28,30). The number of hydrogen-bond donors (Lipinski definition) is 2. The normalized spacial score (nSPS) is 10.5. The molecule has 33 heavy (non-hydrogen) atoms. The predicted octanol–water partition coefficient (Wildman–Crippen LogP) is 4.78. The molecule has 0 radical (unpaired) electrons. The Balaban J connectivity index is 1.35. The monoisotopic (exact) mass is 434 g/mol. The number of aromatic nitrogens is 4. The van der Waals surface area contributed by atoms with E-state index < -0.39 is 0 Å². The van der Waals surface area contributed by atoms with Crippen LogP contribution in [-0.2, 0) is 4.79 Å². The highest BCUT2D eigenvalue weighted by molar-refractivity contribution is 6.05. The van der Waals surface area contributed by atoms with Gasteiger partial charge in [-0.05, 0) is 61.4 Å². The van der Waals surface area contributed by atoms with E-state index in [4.69, 9.17) is 4.74 Å². The lowest BCUT2D eigenvalue weighted by Gasteiger charge is -2.11. The van der Waals surface area contributed by atoms with Crippen LogP contribution in [0, 0.1) is 11.8 Å². The molecule has 5 aromatic rings. The van der Waals surface area contributed by atoms with Crippen molar-refractivity contribution in [1.29, 1.82) is 0 Å². The molecular weight excluding hydrogens is 416 g/mol. The van der Waals surface area contributed by atoms with Crippen molar-refractivity contribution in [1.82, 2.24) is 19.4 Å². The van der Waals surface area contributed by atoms with Gasteiger partial charge in [-0.15, -0.1) is 0 Å². The molecule has 1 amide bonds. The van der Waals surface area contributed by atoms with Crippen molar-refractivity contribution in [3.05, 3.63) is 79.5 Å². The van der Waals surface area contributed by atoms with Gasteiger partial charge in [0.1, 0.15) is 29.3 Å². The molecule has 0 unspecified atom stereocenters. The van der Waals surface area contributed by atoms with Crippen LogP contribution in [0.3, 0.4) is 0 Å². The number of nitrogens with one attached hydrogen (secondary N) is 2. The minimum Gasteiger partial charge on any atom is -0.457 e. The van der Waals surface area contributed by atoms with Crippen LogP contribution in [0.2, 0.25) is 0 Å². The molecule has 3 heterocycles. The number of pyridine rings is 1. The van der Waals surface area contributed by atoms with E-state index in [-0.39, 0.29) is 5.91 Å². The number of ether oxygens (including phenoxy) is 1. The summed E-state index contributed by atoms with van der Waals surface area (Å²) in [5, 5.41) is 6.82. The van der Waals surface area contributed by atoms with E-state index in [1.54, 1.807) is 19.2 Å². The average Bonchev–Trinajstić information content (AvgIpc) is 3.29. The van der Waals surface area contributed by atoms with Gasteiger partial charge in [-0.1, -0.05) is 5.92 Å². The molecule has 0 aliphatic heterocycles. The van der Waals surface area contributed by atoms with E-state index in [1.807, 2.05) is 65.3 Å². The van der Waals surface area contributed by atoms with E-state index in [0.29, 0.717) is 23.0 Å². The number of amides is 1. The molecular formula is C25H18N6O2. The second kappa shape index (κ2) is 8.69. The van der Waals surface area contributed by atoms with E-state index >= 15 is 0 Å². The molecule has 8 nitrogen and oxygen atoms in total. The second-order valence-corrected chi connectivity index (χ2v) is 7.09. The molecule has 160 valence electrons. The summed E-state index contributed by atoms with van der Waals surface area (Å²) in [6.07, 6.45) is 7.02. The van der Waals surface area contributed by atoms with Crippen LogP contribution in [0.25, 0.3) is 16.6 Å². The molecule has 3 aromatic heterocycles. The van der Waals surface area contributed by atoms with Crippen molar-refractivity contribution in [2.24, 2.45) is 0 Å². The van der Waals surface area contributed by atoms with Gasteiger partial charge in [-0.3, -0.25) is 4.79 Å². The van der Waals surface area contributed by atoms with Gasteiger partial charge in [-0.25, -0.2) is 15.0 Å². The number of benzene rings is 2. The first-order valence-corrected chi connectivity index (χ1v) is 10.1. The van der Waals surface area contributed by atoms with Gasteiger partial charge in [0.05, 0.1) is 5.52 Å². The lowest BCUT2D eigenvalue weighted by Crippen LogP contribution is -2.08. The zero-order chi connectivity index (χ0) is 22.6. The van der Waals surface area contributed by atoms with Crippen molar-refractivity contribution >= 4 is 39.6 Å². The summed E-state index contributed by atoms with van der Waals surface area (Å²) in [6.45, 7) is 1.62. The number of fused-ring (bicyclic) bond motifs is 2. The SMILES string of the molecule is CC#CC(=O)Nc1ccc2ncnc(Nc3ccc(Oc4ccn5ccnc5c4)cc3)c2c1. The summed E-state index contributed by atoms with van der Waals surface area (Å²) in [4.78, 5) is 24.7. The number of rotatable bonds is 5. The van der Waals surface area contributed by atoms with Gasteiger partial charge in [0.25, 0.3) is 5.91 Å². The fourth-order valence-corrected chi connectivity index (χ4v) is 3.34. The van der Waals surface area contributed by atoms with Crippen LogP contribution in [0.1, 0.15) is 6.92 Å². The largest absolute Gasteiger partial charge is 0.457 e. The van der Waals surface area contributed by atoms with Gasteiger partial charge in [0, 0.05) is 41.4 Å². The highest BCUT2D eigenvalue weighted by Gasteiger charge is 2.08. The first kappa shape index (κ1) is 20.0. The summed E-state index contributed by atoms with van der Waals surface area (Å²) < 4.78 is 7.86. The van der Waals surface area contributed by atoms with Gasteiger partial charge in [0.2, 0.25) is 0 Å². The smallest absolute Gasteiger partial charge is 0.300 e. The van der Waals surface area contributed by atoms with Crippen LogP contribution in [-0.4, -0.2) is 25.3 Å². The third-order valence-corrected chi connectivity index (χ3v) is 4.85. The van der Waals surface area contributed by atoms with Crippen molar-refractivity contribution < 1.29 is 9.53 Å². The highest BCUT2D eigenvalue weighted by atomic mass is 16.5. The Hall–Kier alpha value is -4.90. The Labute approximate surface area is 189 Å². The maximum Gasteiger partial charge on any atom is 0.300 e. The molecule has 0 fully saturated rings. The molecule has 8 heteroatoms. The quantitative estimate of drug-likeness (QED) is 0.387. The van der Waals surface area contributed by atoms with Crippen LogP contribution < -0.4 is 15.4 Å². The fourth-order valence-electron chi connectivity index (χ4n) is 3.34. The Morgan fingerprint density at radius 3 is 2.64 bits per heavy atom. The first-order valence-electron chi connectivity index (χ1n) is 10.1. The van der Waals surface area contributed by atoms with Gasteiger partial charge < -0.3 is 19.8 Å². The second-order valence-electron chi connectivity index (χ2n) is 7.09. The lowest BCUT2D eigenvalue weighted by atomic mass is 10.2. The zero-order valence-corrected chi connectivity index (χ0v) is 17.6. The number of imidazole rings is 1. The first-order chi connectivity index (χ1) is 16.2. The Bertz CT molecular complexity index is 1530. The highest BCUT2D eigenvalue weighted by Crippen LogP contribution is 2.28. The minimum absolute atomic E-state index is 0.370. The van der Waals surface area contributed by atoms with Crippen LogP contribution >= 0.6 is 0 Å². The topological polar surface area (TPSA) is 93.4 Å². The molecule has 0 spiro atoms. The van der Waals surface area contributed by atoms with Crippen LogP contribution in [0.4, 0.5) is 17.2 Å². The Kier molecular flexibility index (Phi) is 5.27. The van der Waals surface area contributed by atoms with E-state index in [1.165, 1.54) is 6.33 Å². The summed E-state index contributed by atoms with van der Waals surface area (Å²) in [7, 11) is 0. The van der Waals surface area contributed by atoms with Gasteiger partial charge in [-0.2, -0.15) is 0 Å². The Morgan fingerprint density at radius 1 is 0.939 bits per heavy atom. The predicted molar refractivity (Wildman–Crippen MR) is 127 cm³/mol. The third kappa shape index (κ3) is 4.43. The summed E-state index contributed by atoms with van der Waals surface area (Å²) >= 11 is 0. The lowest BCUT2D eigenvalue weighted by molar-refractivity contribution is -0.111. The maximum atomic E-state index is 11.8. The molecule has 0 atom stereocenters. The zero-order valence-electron chi connectivity index (χ0n) is 17.6. The van der Waals surface area contributed by atoms with Crippen molar-refractivity contribution in [3.63, 3.8) is 0 Å². The number of carbonyl (C=O) groups is 1. The Morgan fingerprint density at radius 2 is 1.79 bits per heavy atom. The van der Waals surface area contributed by atoms with Gasteiger partial charge in [0.15, 0.2) is 0 Å². The molecule has 2 aromatic carbocycles. The van der Waals surface area contributed by atoms with Crippen molar-refractivity contribution in [2.45, 2.75) is 6.92 Å². The van der Waals surface area contributed by atoms with Crippen LogP contribution in [0.15, 0.2) is 79.5 Å². The number of hydrogen-bond acceptors (Lipinski definition) is 6. The summed E-state index contributed by atoms with van der Waals surface area (Å²) in [6, 6.07) is 16.7. The fraction of sp³-hybridized carbons (Fsp3) is 0.0400. The van der Waals surface area contributed by atoms with E-state index in [2.05, 4.69) is 37.4 Å². The molecule has 5 rings (SSSR count). The molecule has 0 bridgehead atoms. The molecule has 2 N–H and O–H groups in total. The van der Waals surface area contributed by atoms with E-state index in [0.717, 1.165) is 22.2 Å². The average molecular weight is 434 g/mol.